The zero-order valence-corrected chi connectivity index (χ0v) is 9.59. The van der Waals surface area contributed by atoms with Crippen molar-refractivity contribution in [2.75, 3.05) is 5.32 Å². The SMILES string of the molecule is c1cncc(-c2[nH]ncc2CNc2cn[nH]c2)c1. The first-order valence-electron chi connectivity index (χ1n) is 5.59. The Labute approximate surface area is 103 Å². The van der Waals surface area contributed by atoms with Crippen LogP contribution in [0.5, 0.6) is 0 Å². The van der Waals surface area contributed by atoms with Gasteiger partial charge >= 0.3 is 0 Å². The van der Waals surface area contributed by atoms with E-state index in [-0.39, 0.29) is 0 Å². The lowest BCUT2D eigenvalue weighted by Gasteiger charge is -2.04. The summed E-state index contributed by atoms with van der Waals surface area (Å²) in [7, 11) is 0. The van der Waals surface area contributed by atoms with Crippen molar-refractivity contribution < 1.29 is 0 Å². The highest BCUT2D eigenvalue weighted by Gasteiger charge is 2.07. The molecule has 90 valence electrons. The second-order valence-electron chi connectivity index (χ2n) is 3.85. The van der Waals surface area contributed by atoms with E-state index in [9.17, 15) is 0 Å². The number of nitrogens with zero attached hydrogens (tertiary/aromatic N) is 3. The molecule has 0 unspecified atom stereocenters. The van der Waals surface area contributed by atoms with Gasteiger partial charge in [-0.1, -0.05) is 0 Å². The Morgan fingerprint density at radius 3 is 2.94 bits per heavy atom. The molecule has 0 bridgehead atoms. The topological polar surface area (TPSA) is 82.3 Å². The van der Waals surface area contributed by atoms with E-state index in [0.29, 0.717) is 6.54 Å². The average molecular weight is 240 g/mol. The van der Waals surface area contributed by atoms with Crippen molar-refractivity contribution >= 4 is 5.69 Å². The average Bonchev–Trinajstić information content (AvgIpc) is 3.09. The van der Waals surface area contributed by atoms with Gasteiger partial charge in [0, 0.05) is 36.3 Å². The molecular weight excluding hydrogens is 228 g/mol. The molecule has 0 atom stereocenters. The summed E-state index contributed by atoms with van der Waals surface area (Å²) in [6.07, 6.45) is 8.93. The van der Waals surface area contributed by atoms with Gasteiger partial charge in [0.05, 0.1) is 23.8 Å². The molecule has 0 amide bonds. The Hall–Kier alpha value is -2.63. The van der Waals surface area contributed by atoms with Crippen molar-refractivity contribution in [2.45, 2.75) is 6.54 Å². The maximum Gasteiger partial charge on any atom is 0.0726 e. The van der Waals surface area contributed by atoms with Gasteiger partial charge in [0.1, 0.15) is 0 Å². The molecule has 18 heavy (non-hydrogen) atoms. The van der Waals surface area contributed by atoms with Gasteiger partial charge < -0.3 is 5.32 Å². The third kappa shape index (κ3) is 2.08. The highest BCUT2D eigenvalue weighted by molar-refractivity contribution is 5.61. The van der Waals surface area contributed by atoms with Crippen LogP contribution in [0.3, 0.4) is 0 Å². The molecule has 0 saturated carbocycles. The molecule has 3 aromatic rings. The van der Waals surface area contributed by atoms with Crippen molar-refractivity contribution in [2.24, 2.45) is 0 Å². The minimum atomic E-state index is 0.681. The maximum atomic E-state index is 4.11. The lowest BCUT2D eigenvalue weighted by Crippen LogP contribution is -1.98. The number of nitrogens with one attached hydrogen (secondary N) is 3. The van der Waals surface area contributed by atoms with Crippen LogP contribution in [-0.4, -0.2) is 25.4 Å². The van der Waals surface area contributed by atoms with Gasteiger partial charge in [0.25, 0.3) is 0 Å². The normalized spacial score (nSPS) is 10.4. The summed E-state index contributed by atoms with van der Waals surface area (Å²) in [5.74, 6) is 0. The number of aromatic nitrogens is 5. The van der Waals surface area contributed by atoms with Crippen LogP contribution in [0.4, 0.5) is 5.69 Å². The smallest absolute Gasteiger partial charge is 0.0726 e. The Kier molecular flexibility index (Phi) is 2.75. The molecule has 3 aromatic heterocycles. The Bertz CT molecular complexity index is 599. The van der Waals surface area contributed by atoms with Crippen LogP contribution in [0.2, 0.25) is 0 Å². The first-order valence-corrected chi connectivity index (χ1v) is 5.59. The van der Waals surface area contributed by atoms with Crippen LogP contribution in [0, 0.1) is 0 Å². The molecule has 0 aromatic carbocycles. The zero-order chi connectivity index (χ0) is 12.2. The van der Waals surface area contributed by atoms with Gasteiger partial charge in [-0.05, 0) is 12.1 Å². The number of pyridine rings is 1. The minimum Gasteiger partial charge on any atom is -0.378 e. The monoisotopic (exact) mass is 240 g/mol. The first-order chi connectivity index (χ1) is 8.93. The number of anilines is 1. The molecule has 3 rings (SSSR count). The van der Waals surface area contributed by atoms with Gasteiger partial charge in [0.15, 0.2) is 0 Å². The van der Waals surface area contributed by atoms with E-state index in [1.807, 2.05) is 30.7 Å². The fourth-order valence-corrected chi connectivity index (χ4v) is 1.75. The van der Waals surface area contributed by atoms with Gasteiger partial charge in [0.2, 0.25) is 0 Å². The summed E-state index contributed by atoms with van der Waals surface area (Å²) in [6.45, 7) is 0.681. The number of hydrogen-bond acceptors (Lipinski definition) is 4. The Balaban J connectivity index is 1.80. The van der Waals surface area contributed by atoms with Crippen LogP contribution in [-0.2, 0) is 6.54 Å². The van der Waals surface area contributed by atoms with E-state index in [2.05, 4.69) is 30.7 Å². The molecule has 3 N–H and O–H groups in total. The molecule has 6 heteroatoms. The summed E-state index contributed by atoms with van der Waals surface area (Å²) in [6, 6.07) is 3.91. The summed E-state index contributed by atoms with van der Waals surface area (Å²) in [4.78, 5) is 4.11. The van der Waals surface area contributed by atoms with Crippen LogP contribution < -0.4 is 5.32 Å². The second-order valence-corrected chi connectivity index (χ2v) is 3.85. The van der Waals surface area contributed by atoms with Gasteiger partial charge in [-0.25, -0.2) is 0 Å². The van der Waals surface area contributed by atoms with E-state index in [0.717, 1.165) is 22.5 Å². The second kappa shape index (κ2) is 4.70. The van der Waals surface area contributed by atoms with Crippen LogP contribution in [0.1, 0.15) is 5.56 Å². The van der Waals surface area contributed by atoms with Gasteiger partial charge in [-0.15, -0.1) is 0 Å². The van der Waals surface area contributed by atoms with E-state index >= 15 is 0 Å². The fraction of sp³-hybridized carbons (Fsp3) is 0.0833. The molecule has 0 aliphatic carbocycles. The van der Waals surface area contributed by atoms with Crippen molar-refractivity contribution in [3.8, 4) is 11.3 Å². The molecule has 0 aliphatic rings. The van der Waals surface area contributed by atoms with Crippen molar-refractivity contribution in [3.05, 3.63) is 48.7 Å². The molecule has 0 spiro atoms. The highest BCUT2D eigenvalue weighted by atomic mass is 15.1. The molecule has 0 radical (unpaired) electrons. The molecule has 0 fully saturated rings. The summed E-state index contributed by atoms with van der Waals surface area (Å²) in [5, 5.41) is 17.0. The first kappa shape index (κ1) is 10.5. The highest BCUT2D eigenvalue weighted by Crippen LogP contribution is 2.20. The maximum absolute atomic E-state index is 4.11. The lowest BCUT2D eigenvalue weighted by molar-refractivity contribution is 1.09. The van der Waals surface area contributed by atoms with Gasteiger partial charge in [-0.2, -0.15) is 10.2 Å². The van der Waals surface area contributed by atoms with Crippen LogP contribution in [0.15, 0.2) is 43.1 Å². The largest absolute Gasteiger partial charge is 0.378 e. The van der Waals surface area contributed by atoms with Crippen LogP contribution in [0.25, 0.3) is 11.3 Å². The Morgan fingerprint density at radius 1 is 1.17 bits per heavy atom. The van der Waals surface area contributed by atoms with E-state index < -0.39 is 0 Å². The van der Waals surface area contributed by atoms with Crippen LogP contribution >= 0.6 is 0 Å². The molecular formula is C12H12N6. The third-order valence-electron chi connectivity index (χ3n) is 2.65. The molecule has 6 nitrogen and oxygen atoms in total. The summed E-state index contributed by atoms with van der Waals surface area (Å²) < 4.78 is 0. The molecule has 3 heterocycles. The van der Waals surface area contributed by atoms with E-state index in [1.165, 1.54) is 0 Å². The summed E-state index contributed by atoms with van der Waals surface area (Å²) in [5.41, 5.74) is 4.05. The van der Waals surface area contributed by atoms with Gasteiger partial charge in [-0.3, -0.25) is 15.2 Å². The minimum absolute atomic E-state index is 0.681. The Morgan fingerprint density at radius 2 is 2.17 bits per heavy atom. The standard InChI is InChI=1S/C12H12N6/c1-2-9(4-13-3-1)12-10(6-17-18-12)5-14-11-7-15-16-8-11/h1-4,6-8,14H,5H2,(H,15,16)(H,17,18). The van der Waals surface area contributed by atoms with Crippen molar-refractivity contribution in [1.82, 2.24) is 25.4 Å². The lowest BCUT2D eigenvalue weighted by atomic mass is 10.1. The fourth-order valence-electron chi connectivity index (χ4n) is 1.75. The predicted octanol–water partition coefficient (Wildman–Crippen LogP) is 1.81. The molecule has 0 saturated heterocycles. The summed E-state index contributed by atoms with van der Waals surface area (Å²) >= 11 is 0. The molecule has 0 aliphatic heterocycles. The zero-order valence-electron chi connectivity index (χ0n) is 9.59. The number of hydrogen-bond donors (Lipinski definition) is 3. The number of H-pyrrole nitrogens is 2. The van der Waals surface area contributed by atoms with E-state index in [1.54, 1.807) is 12.4 Å². The van der Waals surface area contributed by atoms with Crippen molar-refractivity contribution in [3.63, 3.8) is 0 Å². The number of rotatable bonds is 4. The predicted molar refractivity (Wildman–Crippen MR) is 67.7 cm³/mol. The quantitative estimate of drug-likeness (QED) is 0.649. The number of aromatic amines is 2. The third-order valence-corrected chi connectivity index (χ3v) is 2.65. The van der Waals surface area contributed by atoms with E-state index in [4.69, 9.17) is 0 Å². The van der Waals surface area contributed by atoms with Crippen molar-refractivity contribution in [1.29, 1.82) is 0 Å².